The zero-order chi connectivity index (χ0) is 18.0. The number of carbonyl (C=O) groups excluding carboxylic acids is 1. The van der Waals surface area contributed by atoms with E-state index in [-0.39, 0.29) is 11.9 Å². The zero-order valence-corrected chi connectivity index (χ0v) is 15.4. The average molecular weight is 347 g/mol. The van der Waals surface area contributed by atoms with Crippen molar-refractivity contribution in [2.45, 2.75) is 59.3 Å². The summed E-state index contributed by atoms with van der Waals surface area (Å²) in [5.41, 5.74) is -0.0864. The van der Waals surface area contributed by atoms with Gasteiger partial charge in [-0.1, -0.05) is 0 Å². The summed E-state index contributed by atoms with van der Waals surface area (Å²) < 4.78 is 34.3. The molecule has 0 aliphatic rings. The minimum atomic E-state index is -3.60. The van der Waals surface area contributed by atoms with Crippen LogP contribution in [0.25, 0.3) is 0 Å². The third-order valence-electron chi connectivity index (χ3n) is 2.62. The monoisotopic (exact) mass is 347 g/mol. The Hall–Kier alpha value is -1.61. The van der Waals surface area contributed by atoms with E-state index in [0.717, 1.165) is 6.26 Å². The molecule has 1 aromatic rings. The summed E-state index contributed by atoms with van der Waals surface area (Å²) in [6.45, 7) is 10.7. The molecule has 1 aromatic heterocycles. The molecule has 0 radical (unpaired) electrons. The summed E-state index contributed by atoms with van der Waals surface area (Å²) in [7, 11) is -3.60. The van der Waals surface area contributed by atoms with E-state index in [1.165, 1.54) is 0 Å². The molecule has 1 heterocycles. The van der Waals surface area contributed by atoms with Crippen LogP contribution in [0.2, 0.25) is 0 Å². The molecular formula is C14H25N3O5S. The molecule has 9 heteroatoms. The quantitative estimate of drug-likeness (QED) is 0.822. The van der Waals surface area contributed by atoms with Gasteiger partial charge < -0.3 is 4.74 Å². The summed E-state index contributed by atoms with van der Waals surface area (Å²) in [6, 6.07) is 1.53. The van der Waals surface area contributed by atoms with Crippen molar-refractivity contribution in [1.29, 1.82) is 0 Å². The van der Waals surface area contributed by atoms with E-state index in [0.29, 0.717) is 5.69 Å². The first-order chi connectivity index (χ1) is 10.3. The fraction of sp³-hybridized carbons (Fsp3) is 0.714. The molecule has 0 spiro atoms. The molecule has 0 aliphatic heterocycles. The molecule has 0 saturated heterocycles. The molecule has 0 bridgehead atoms. The highest BCUT2D eigenvalue weighted by molar-refractivity contribution is 7.86. The molecule has 0 fully saturated rings. The van der Waals surface area contributed by atoms with Gasteiger partial charge in [-0.3, -0.25) is 14.2 Å². The number of hydrogen-bond acceptors (Lipinski definition) is 6. The second-order valence-electron chi connectivity index (χ2n) is 6.56. The van der Waals surface area contributed by atoms with Gasteiger partial charge in [-0.05, 0) is 41.5 Å². The molecule has 0 aliphatic carbocycles. The number of anilines is 1. The lowest BCUT2D eigenvalue weighted by atomic mass is 10.2. The molecule has 1 amide bonds. The van der Waals surface area contributed by atoms with Crippen molar-refractivity contribution in [2.24, 2.45) is 0 Å². The standard InChI is InChI=1S/C14H25N3O5S/c1-9(2)17-11(10(3)22-23(7,19)20)8-12(16-17)15-13(18)21-14(4,5)6/h8-10H,1-7H3,(H,15,16,18). The Kier molecular flexibility index (Phi) is 5.81. The van der Waals surface area contributed by atoms with Crippen molar-refractivity contribution in [2.75, 3.05) is 11.6 Å². The summed E-state index contributed by atoms with van der Waals surface area (Å²) in [4.78, 5) is 11.8. The fourth-order valence-electron chi connectivity index (χ4n) is 1.91. The van der Waals surface area contributed by atoms with Crippen LogP contribution in [0.15, 0.2) is 6.07 Å². The topological polar surface area (TPSA) is 99.5 Å². The lowest BCUT2D eigenvalue weighted by molar-refractivity contribution is 0.0635. The maximum Gasteiger partial charge on any atom is 0.413 e. The van der Waals surface area contributed by atoms with E-state index in [9.17, 15) is 13.2 Å². The zero-order valence-electron chi connectivity index (χ0n) is 14.6. The Morgan fingerprint density at radius 3 is 2.30 bits per heavy atom. The van der Waals surface area contributed by atoms with Crippen molar-refractivity contribution in [3.05, 3.63) is 11.8 Å². The third-order valence-corrected chi connectivity index (χ3v) is 3.26. The highest BCUT2D eigenvalue weighted by Crippen LogP contribution is 2.25. The number of rotatable bonds is 5. The van der Waals surface area contributed by atoms with Crippen LogP contribution >= 0.6 is 0 Å². The number of aromatic nitrogens is 2. The summed E-state index contributed by atoms with van der Waals surface area (Å²) >= 11 is 0. The lowest BCUT2D eigenvalue weighted by Gasteiger charge is -2.19. The van der Waals surface area contributed by atoms with Gasteiger partial charge in [-0.2, -0.15) is 13.5 Å². The largest absolute Gasteiger partial charge is 0.444 e. The van der Waals surface area contributed by atoms with Crippen LogP contribution in [0, 0.1) is 0 Å². The molecule has 0 aromatic carbocycles. The highest BCUT2D eigenvalue weighted by atomic mass is 32.2. The van der Waals surface area contributed by atoms with Crippen molar-refractivity contribution < 1.29 is 22.1 Å². The Morgan fingerprint density at radius 1 is 1.30 bits per heavy atom. The van der Waals surface area contributed by atoms with E-state index in [1.807, 2.05) is 13.8 Å². The van der Waals surface area contributed by atoms with E-state index >= 15 is 0 Å². The van der Waals surface area contributed by atoms with Gasteiger partial charge in [0.25, 0.3) is 10.1 Å². The van der Waals surface area contributed by atoms with Gasteiger partial charge in [-0.25, -0.2) is 4.79 Å². The normalized spacial score (nSPS) is 13.9. The molecule has 1 rings (SSSR count). The van der Waals surface area contributed by atoms with E-state index in [1.54, 1.807) is 38.4 Å². The molecular weight excluding hydrogens is 322 g/mol. The molecule has 132 valence electrons. The predicted molar refractivity (Wildman–Crippen MR) is 86.8 cm³/mol. The Labute approximate surface area is 137 Å². The summed E-state index contributed by atoms with van der Waals surface area (Å²) in [5, 5.41) is 6.79. The first-order valence-corrected chi connectivity index (χ1v) is 9.08. The van der Waals surface area contributed by atoms with E-state index in [2.05, 4.69) is 10.4 Å². The minimum Gasteiger partial charge on any atom is -0.444 e. The maximum absolute atomic E-state index is 11.8. The second-order valence-corrected chi connectivity index (χ2v) is 8.16. The maximum atomic E-state index is 11.8. The summed E-state index contributed by atoms with van der Waals surface area (Å²) in [6.07, 6.45) is -0.373. The molecule has 23 heavy (non-hydrogen) atoms. The van der Waals surface area contributed by atoms with Crippen LogP contribution in [-0.4, -0.2) is 36.1 Å². The Balaban J connectivity index is 3.01. The van der Waals surface area contributed by atoms with E-state index in [4.69, 9.17) is 8.92 Å². The van der Waals surface area contributed by atoms with Gasteiger partial charge in [0.1, 0.15) is 11.7 Å². The van der Waals surface area contributed by atoms with Crippen molar-refractivity contribution in [3.8, 4) is 0 Å². The third kappa shape index (κ3) is 6.57. The number of nitrogens with one attached hydrogen (secondary N) is 1. The van der Waals surface area contributed by atoms with Crippen LogP contribution < -0.4 is 5.32 Å². The van der Waals surface area contributed by atoms with Gasteiger partial charge in [-0.15, -0.1) is 0 Å². The molecule has 1 N–H and O–H groups in total. The van der Waals surface area contributed by atoms with Crippen molar-refractivity contribution >= 4 is 22.0 Å². The smallest absolute Gasteiger partial charge is 0.413 e. The first-order valence-electron chi connectivity index (χ1n) is 7.26. The fourth-order valence-corrected chi connectivity index (χ4v) is 2.53. The van der Waals surface area contributed by atoms with E-state index < -0.39 is 27.9 Å². The minimum absolute atomic E-state index is 0.0372. The highest BCUT2D eigenvalue weighted by Gasteiger charge is 2.22. The number of carbonyl (C=O) groups is 1. The lowest BCUT2D eigenvalue weighted by Crippen LogP contribution is -2.27. The predicted octanol–water partition coefficient (Wildman–Crippen LogP) is 2.85. The van der Waals surface area contributed by atoms with Gasteiger partial charge in [0.05, 0.1) is 11.9 Å². The van der Waals surface area contributed by atoms with Crippen molar-refractivity contribution in [3.63, 3.8) is 0 Å². The molecule has 1 unspecified atom stereocenters. The number of ether oxygens (including phenoxy) is 1. The van der Waals surface area contributed by atoms with Crippen molar-refractivity contribution in [1.82, 2.24) is 9.78 Å². The van der Waals surface area contributed by atoms with Gasteiger partial charge >= 0.3 is 6.09 Å². The average Bonchev–Trinajstić information content (AvgIpc) is 2.67. The van der Waals surface area contributed by atoms with Crippen LogP contribution in [0.3, 0.4) is 0 Å². The first kappa shape index (κ1) is 19.4. The summed E-state index contributed by atoms with van der Waals surface area (Å²) in [5.74, 6) is 0.270. The number of nitrogens with zero attached hydrogens (tertiary/aromatic N) is 2. The Bertz CT molecular complexity index is 658. The van der Waals surface area contributed by atoms with Crippen LogP contribution in [-0.2, 0) is 19.0 Å². The van der Waals surface area contributed by atoms with Crippen LogP contribution in [0.4, 0.5) is 10.6 Å². The number of amides is 1. The SMILES string of the molecule is CC(OS(C)(=O)=O)c1cc(NC(=O)OC(C)(C)C)nn1C(C)C. The molecule has 8 nitrogen and oxygen atoms in total. The molecule has 0 saturated carbocycles. The number of hydrogen-bond donors (Lipinski definition) is 1. The Morgan fingerprint density at radius 2 is 1.87 bits per heavy atom. The molecule has 1 atom stereocenters. The second kappa shape index (κ2) is 6.88. The van der Waals surface area contributed by atoms with Gasteiger partial charge in [0.2, 0.25) is 0 Å². The van der Waals surface area contributed by atoms with Crippen LogP contribution in [0.1, 0.15) is 59.4 Å². The van der Waals surface area contributed by atoms with Gasteiger partial charge in [0, 0.05) is 12.1 Å². The van der Waals surface area contributed by atoms with Gasteiger partial charge in [0.15, 0.2) is 5.82 Å². The van der Waals surface area contributed by atoms with Crippen LogP contribution in [0.5, 0.6) is 0 Å².